The van der Waals surface area contributed by atoms with E-state index in [1.807, 2.05) is 6.08 Å². The number of allylic oxidation sites excluding steroid dienone is 1. The molecule has 2 heterocycles. The average molecular weight is 207 g/mol. The molecule has 5 nitrogen and oxygen atoms in total. The summed E-state index contributed by atoms with van der Waals surface area (Å²) in [6, 6.07) is 0.175. The van der Waals surface area contributed by atoms with Crippen molar-refractivity contribution in [3.8, 4) is 0 Å². The van der Waals surface area contributed by atoms with Crippen LogP contribution in [0.15, 0.2) is 18.5 Å². The van der Waals surface area contributed by atoms with Crippen molar-refractivity contribution >= 4 is 16.3 Å². The molecule has 0 radical (unpaired) electrons. The highest BCUT2D eigenvalue weighted by molar-refractivity contribution is 7.16. The van der Waals surface area contributed by atoms with Crippen molar-refractivity contribution in [2.75, 3.05) is 0 Å². The van der Waals surface area contributed by atoms with Crippen LogP contribution in [0.2, 0.25) is 0 Å². The predicted octanol–water partition coefficient (Wildman–Crippen LogP) is 0.557. The normalized spacial score (nSPS) is 26.4. The topological polar surface area (TPSA) is 69.1 Å². The van der Waals surface area contributed by atoms with Crippen LogP contribution in [0.5, 0.6) is 0 Å². The molecule has 1 aliphatic carbocycles. The van der Waals surface area contributed by atoms with E-state index in [0.29, 0.717) is 5.92 Å². The van der Waals surface area contributed by atoms with Crippen LogP contribution >= 0.6 is 11.3 Å². The zero-order valence-electron chi connectivity index (χ0n) is 7.37. The first-order valence-corrected chi connectivity index (χ1v) is 5.25. The number of nitrogens with two attached hydrogens (primary N) is 1. The summed E-state index contributed by atoms with van der Waals surface area (Å²) in [7, 11) is 0. The van der Waals surface area contributed by atoms with E-state index in [-0.39, 0.29) is 6.04 Å². The van der Waals surface area contributed by atoms with Crippen LogP contribution in [0.1, 0.15) is 17.3 Å². The third kappa shape index (κ3) is 1.15. The van der Waals surface area contributed by atoms with Crippen molar-refractivity contribution in [3.05, 3.63) is 23.5 Å². The van der Waals surface area contributed by atoms with Crippen molar-refractivity contribution in [2.24, 2.45) is 5.73 Å². The van der Waals surface area contributed by atoms with Crippen molar-refractivity contribution in [2.45, 2.75) is 18.4 Å². The summed E-state index contributed by atoms with van der Waals surface area (Å²) >= 11 is 1.57. The molecule has 6 heteroatoms. The third-order valence-corrected chi connectivity index (χ3v) is 3.38. The second-order valence-corrected chi connectivity index (χ2v) is 4.38. The lowest BCUT2D eigenvalue weighted by molar-refractivity contribution is 0.695. The van der Waals surface area contributed by atoms with Gasteiger partial charge < -0.3 is 5.73 Å². The number of nitrogens with zero attached hydrogens (tertiary/aromatic N) is 4. The van der Waals surface area contributed by atoms with Crippen molar-refractivity contribution in [1.82, 2.24) is 19.8 Å². The summed E-state index contributed by atoms with van der Waals surface area (Å²) in [4.78, 5) is 0.842. The Bertz CT molecular complexity index is 456. The zero-order valence-corrected chi connectivity index (χ0v) is 8.18. The van der Waals surface area contributed by atoms with E-state index in [1.54, 1.807) is 22.2 Å². The van der Waals surface area contributed by atoms with Crippen LogP contribution in [-0.4, -0.2) is 25.9 Å². The van der Waals surface area contributed by atoms with Crippen LogP contribution in [0, 0.1) is 0 Å². The van der Waals surface area contributed by atoms with Gasteiger partial charge >= 0.3 is 0 Å². The Morgan fingerprint density at radius 1 is 1.50 bits per heavy atom. The molecule has 2 N–H and O–H groups in total. The van der Waals surface area contributed by atoms with Gasteiger partial charge in [0.25, 0.3) is 0 Å². The Labute approximate surface area is 84.3 Å². The first-order chi connectivity index (χ1) is 6.83. The Morgan fingerprint density at radius 3 is 3.14 bits per heavy atom. The van der Waals surface area contributed by atoms with Crippen molar-refractivity contribution < 1.29 is 0 Å². The minimum absolute atomic E-state index is 0.175. The largest absolute Gasteiger partial charge is 0.324 e. The highest BCUT2D eigenvalue weighted by atomic mass is 32.1. The lowest BCUT2D eigenvalue weighted by atomic mass is 10.1. The van der Waals surface area contributed by atoms with E-state index >= 15 is 0 Å². The third-order valence-electron chi connectivity index (χ3n) is 2.34. The number of fused-ring (bicyclic) bond motifs is 1. The lowest BCUT2D eigenvalue weighted by Crippen LogP contribution is -2.14. The van der Waals surface area contributed by atoms with Gasteiger partial charge in [-0.3, -0.25) is 0 Å². The Morgan fingerprint density at radius 2 is 2.43 bits per heavy atom. The van der Waals surface area contributed by atoms with E-state index in [4.69, 9.17) is 5.73 Å². The summed E-state index contributed by atoms with van der Waals surface area (Å²) in [6.45, 7) is 0. The maximum atomic E-state index is 5.79. The summed E-state index contributed by atoms with van der Waals surface area (Å²) in [5.74, 6) is 0.358. The molecule has 1 aliphatic rings. The molecule has 0 saturated heterocycles. The minimum Gasteiger partial charge on any atom is -0.324 e. The van der Waals surface area contributed by atoms with E-state index in [2.05, 4.69) is 21.4 Å². The molecule has 3 rings (SSSR count). The summed E-state index contributed by atoms with van der Waals surface area (Å²) < 4.78 is 1.71. The van der Waals surface area contributed by atoms with Crippen LogP contribution in [0.3, 0.4) is 0 Å². The Kier molecular flexibility index (Phi) is 1.65. The van der Waals surface area contributed by atoms with E-state index in [9.17, 15) is 0 Å². The number of aromatic nitrogens is 4. The van der Waals surface area contributed by atoms with Gasteiger partial charge in [0.2, 0.25) is 4.96 Å². The maximum Gasteiger partial charge on any atom is 0.234 e. The maximum absolute atomic E-state index is 5.79. The molecule has 72 valence electrons. The van der Waals surface area contributed by atoms with Gasteiger partial charge in [0.15, 0.2) is 0 Å². The minimum atomic E-state index is 0.175. The summed E-state index contributed by atoms with van der Waals surface area (Å²) in [5, 5.41) is 13.2. The Hall–Kier alpha value is -1.27. The average Bonchev–Trinajstić information content (AvgIpc) is 2.75. The Balaban J connectivity index is 1.99. The standard InChI is InChI=1S/C8H9N5S/c9-6-2-1-5(3-6)7-12-13-4-10-11-8(13)14-7/h1-2,4-6H,3,9H2. The van der Waals surface area contributed by atoms with E-state index < -0.39 is 0 Å². The lowest BCUT2D eigenvalue weighted by Gasteiger charge is -2.03. The molecule has 0 bridgehead atoms. The second kappa shape index (κ2) is 2.86. The number of hydrogen-bond acceptors (Lipinski definition) is 5. The first-order valence-electron chi connectivity index (χ1n) is 4.43. The van der Waals surface area contributed by atoms with Gasteiger partial charge in [0.1, 0.15) is 11.3 Å². The molecular weight excluding hydrogens is 198 g/mol. The molecule has 2 aromatic rings. The van der Waals surface area contributed by atoms with Crippen LogP contribution in [0.25, 0.3) is 4.96 Å². The van der Waals surface area contributed by atoms with Gasteiger partial charge in [0, 0.05) is 12.0 Å². The molecule has 0 fully saturated rings. The SMILES string of the molecule is NC1C=CC(c2nn3cnnc3s2)C1. The van der Waals surface area contributed by atoms with Crippen LogP contribution in [0.4, 0.5) is 0 Å². The van der Waals surface area contributed by atoms with Gasteiger partial charge in [0.05, 0.1) is 0 Å². The van der Waals surface area contributed by atoms with Gasteiger partial charge in [-0.25, -0.2) is 0 Å². The van der Waals surface area contributed by atoms with E-state index in [1.165, 1.54) is 0 Å². The van der Waals surface area contributed by atoms with Gasteiger partial charge in [-0.05, 0) is 6.42 Å². The number of rotatable bonds is 1. The van der Waals surface area contributed by atoms with Crippen molar-refractivity contribution in [1.29, 1.82) is 0 Å². The highest BCUT2D eigenvalue weighted by Gasteiger charge is 2.21. The molecule has 2 aromatic heterocycles. The quantitative estimate of drug-likeness (QED) is 0.693. The van der Waals surface area contributed by atoms with Gasteiger partial charge in [-0.15, -0.1) is 10.2 Å². The van der Waals surface area contributed by atoms with Gasteiger partial charge in [-0.2, -0.15) is 9.61 Å². The van der Waals surface area contributed by atoms with E-state index in [0.717, 1.165) is 16.4 Å². The second-order valence-electron chi connectivity index (χ2n) is 3.39. The molecular formula is C8H9N5S. The molecule has 2 atom stereocenters. The molecule has 2 unspecified atom stereocenters. The zero-order chi connectivity index (χ0) is 9.54. The molecule has 0 saturated carbocycles. The summed E-state index contributed by atoms with van der Waals surface area (Å²) in [5.41, 5.74) is 5.79. The van der Waals surface area contributed by atoms with Crippen molar-refractivity contribution in [3.63, 3.8) is 0 Å². The fourth-order valence-corrected chi connectivity index (χ4v) is 2.55. The van der Waals surface area contributed by atoms with Crippen LogP contribution < -0.4 is 5.73 Å². The monoisotopic (exact) mass is 207 g/mol. The molecule has 14 heavy (non-hydrogen) atoms. The molecule has 0 spiro atoms. The fraction of sp³-hybridized carbons (Fsp3) is 0.375. The number of hydrogen-bond donors (Lipinski definition) is 1. The van der Waals surface area contributed by atoms with Crippen LogP contribution in [-0.2, 0) is 0 Å². The predicted molar refractivity (Wildman–Crippen MR) is 53.1 cm³/mol. The smallest absolute Gasteiger partial charge is 0.234 e. The molecule has 0 amide bonds. The molecule has 0 aromatic carbocycles. The summed E-state index contributed by atoms with van der Waals surface area (Å²) in [6.07, 6.45) is 6.72. The fourth-order valence-electron chi connectivity index (χ4n) is 1.64. The first kappa shape index (κ1) is 8.07. The van der Waals surface area contributed by atoms with Gasteiger partial charge in [-0.1, -0.05) is 23.5 Å². The highest BCUT2D eigenvalue weighted by Crippen LogP contribution is 2.30. The molecule has 0 aliphatic heterocycles.